The first-order valence-corrected chi connectivity index (χ1v) is 13.9. The van der Waals surface area contributed by atoms with E-state index in [2.05, 4.69) is 9.88 Å². The lowest BCUT2D eigenvalue weighted by Crippen LogP contribution is -2.45. The molecule has 1 fully saturated rings. The summed E-state index contributed by atoms with van der Waals surface area (Å²) in [7, 11) is 1.74. The fourth-order valence-corrected chi connectivity index (χ4v) is 5.37. The van der Waals surface area contributed by atoms with E-state index in [1.54, 1.807) is 36.2 Å². The van der Waals surface area contributed by atoms with Crippen LogP contribution in [0.5, 0.6) is 0 Å². The molecule has 0 spiro atoms. The summed E-state index contributed by atoms with van der Waals surface area (Å²) in [4.78, 5) is 46.6. The standard InChI is InChI=1S/C30H29Cl2N5O4/c1-35(29(39)18-37-26-15-24(32)23(31)14-25(26)34-16-28(37)38)27(17-36-10-12-41-13-11-36)20-8-6-19(7-9-20)21-4-2-3-5-22(21)30(33)40/h2-9,14-16,27H,10-13,17-18H2,1H3,(H2,33,40). The van der Waals surface area contributed by atoms with Gasteiger partial charge in [0.2, 0.25) is 11.8 Å². The van der Waals surface area contributed by atoms with Gasteiger partial charge in [0.05, 0.1) is 46.5 Å². The molecule has 2 heterocycles. The molecule has 212 valence electrons. The van der Waals surface area contributed by atoms with Gasteiger partial charge < -0.3 is 15.4 Å². The number of nitrogens with zero attached hydrogens (tertiary/aromatic N) is 4. The number of halogens is 2. The van der Waals surface area contributed by atoms with Crippen molar-refractivity contribution >= 4 is 46.0 Å². The number of fused-ring (bicyclic) bond motifs is 1. The van der Waals surface area contributed by atoms with Gasteiger partial charge in [-0.1, -0.05) is 65.7 Å². The first-order valence-electron chi connectivity index (χ1n) is 13.1. The van der Waals surface area contributed by atoms with Gasteiger partial charge in [0.15, 0.2) is 0 Å². The number of amides is 2. The molecule has 0 radical (unpaired) electrons. The second-order valence-corrected chi connectivity index (χ2v) is 10.7. The Kier molecular flexibility index (Phi) is 8.70. The number of carbonyl (C=O) groups is 2. The third-order valence-corrected chi connectivity index (χ3v) is 8.10. The first-order chi connectivity index (χ1) is 19.7. The van der Waals surface area contributed by atoms with Crippen LogP contribution in [0.15, 0.2) is 71.7 Å². The van der Waals surface area contributed by atoms with Crippen molar-refractivity contribution in [2.24, 2.45) is 5.73 Å². The smallest absolute Gasteiger partial charge is 0.269 e. The number of carbonyl (C=O) groups excluding carboxylic acids is 2. The van der Waals surface area contributed by atoms with Crippen LogP contribution in [-0.4, -0.2) is 71.1 Å². The van der Waals surface area contributed by atoms with E-state index in [1.165, 1.54) is 10.8 Å². The molecule has 1 atom stereocenters. The minimum Gasteiger partial charge on any atom is -0.379 e. The lowest BCUT2D eigenvalue weighted by Gasteiger charge is -2.35. The van der Waals surface area contributed by atoms with E-state index in [0.717, 1.165) is 29.8 Å². The lowest BCUT2D eigenvalue weighted by molar-refractivity contribution is -0.133. The fraction of sp³-hybridized carbons (Fsp3) is 0.267. The van der Waals surface area contributed by atoms with Gasteiger partial charge in [-0.2, -0.15) is 0 Å². The summed E-state index contributed by atoms with van der Waals surface area (Å²) >= 11 is 12.4. The number of ether oxygens (including phenoxy) is 1. The second-order valence-electron chi connectivity index (χ2n) is 9.90. The van der Waals surface area contributed by atoms with Gasteiger partial charge >= 0.3 is 0 Å². The maximum atomic E-state index is 13.7. The quantitative estimate of drug-likeness (QED) is 0.330. The van der Waals surface area contributed by atoms with E-state index in [1.807, 2.05) is 36.4 Å². The van der Waals surface area contributed by atoms with Crippen molar-refractivity contribution in [3.8, 4) is 11.1 Å². The van der Waals surface area contributed by atoms with Crippen LogP contribution in [0.1, 0.15) is 22.0 Å². The van der Waals surface area contributed by atoms with Gasteiger partial charge in [0.1, 0.15) is 6.54 Å². The maximum Gasteiger partial charge on any atom is 0.269 e. The Labute approximate surface area is 247 Å². The second kappa shape index (κ2) is 12.4. The number of hydrogen-bond donors (Lipinski definition) is 1. The molecule has 11 heteroatoms. The highest BCUT2D eigenvalue weighted by Crippen LogP contribution is 2.29. The normalized spacial score (nSPS) is 14.6. The molecule has 0 saturated carbocycles. The van der Waals surface area contributed by atoms with Gasteiger partial charge in [-0.3, -0.25) is 23.9 Å². The molecule has 1 aliphatic rings. The van der Waals surface area contributed by atoms with Crippen molar-refractivity contribution in [1.29, 1.82) is 0 Å². The Bertz CT molecular complexity index is 1650. The molecule has 1 aromatic heterocycles. The molecular formula is C30H29Cl2N5O4. The highest BCUT2D eigenvalue weighted by molar-refractivity contribution is 6.42. The Balaban J connectivity index is 1.46. The lowest BCUT2D eigenvalue weighted by atomic mass is 9.96. The van der Waals surface area contributed by atoms with Gasteiger partial charge in [-0.05, 0) is 34.9 Å². The molecule has 1 saturated heterocycles. The SMILES string of the molecule is CN(C(=O)Cn1c(=O)cnc2cc(Cl)c(Cl)cc21)C(CN1CCOCC1)c1ccc(-c2ccccc2C(N)=O)cc1. The predicted molar refractivity (Wildman–Crippen MR) is 159 cm³/mol. The number of rotatable bonds is 8. The Hall–Kier alpha value is -3.76. The van der Waals surface area contributed by atoms with Gasteiger partial charge in [-0.15, -0.1) is 0 Å². The zero-order chi connectivity index (χ0) is 29.1. The monoisotopic (exact) mass is 593 g/mol. The number of likely N-dealkylation sites (N-methyl/N-ethyl adjacent to an activating group) is 1. The Morgan fingerprint density at radius 3 is 2.44 bits per heavy atom. The van der Waals surface area contributed by atoms with Crippen LogP contribution in [0.25, 0.3) is 22.2 Å². The molecule has 0 aliphatic carbocycles. The highest BCUT2D eigenvalue weighted by atomic mass is 35.5. The van der Waals surface area contributed by atoms with E-state index < -0.39 is 11.5 Å². The molecule has 1 unspecified atom stereocenters. The van der Waals surface area contributed by atoms with Gasteiger partial charge in [-0.25, -0.2) is 4.98 Å². The first kappa shape index (κ1) is 28.8. The molecule has 5 rings (SSSR count). The highest BCUT2D eigenvalue weighted by Gasteiger charge is 2.26. The van der Waals surface area contributed by atoms with Crippen LogP contribution < -0.4 is 11.3 Å². The number of hydrogen-bond acceptors (Lipinski definition) is 6. The number of benzene rings is 3. The molecule has 0 bridgehead atoms. The van der Waals surface area contributed by atoms with Crippen LogP contribution >= 0.6 is 23.2 Å². The van der Waals surface area contributed by atoms with Crippen LogP contribution in [0, 0.1) is 0 Å². The summed E-state index contributed by atoms with van der Waals surface area (Å²) in [5, 5.41) is 0.581. The van der Waals surface area contributed by atoms with E-state index >= 15 is 0 Å². The summed E-state index contributed by atoms with van der Waals surface area (Å²) in [6.45, 7) is 3.11. The number of morpholine rings is 1. The van der Waals surface area contributed by atoms with E-state index in [-0.39, 0.29) is 23.5 Å². The average molecular weight is 594 g/mol. The molecule has 3 aromatic carbocycles. The van der Waals surface area contributed by atoms with Crippen LogP contribution in [0.2, 0.25) is 10.0 Å². The zero-order valence-corrected chi connectivity index (χ0v) is 23.9. The number of primary amides is 1. The minimum atomic E-state index is -0.498. The molecule has 1 aliphatic heterocycles. The summed E-state index contributed by atoms with van der Waals surface area (Å²) in [5.74, 6) is -0.755. The summed E-state index contributed by atoms with van der Waals surface area (Å²) in [5.41, 5.74) is 8.99. The minimum absolute atomic E-state index is 0.198. The molecule has 4 aromatic rings. The topological polar surface area (TPSA) is 111 Å². The third-order valence-electron chi connectivity index (χ3n) is 7.38. The van der Waals surface area contributed by atoms with Gasteiger partial charge in [0.25, 0.3) is 5.56 Å². The molecule has 2 amide bonds. The van der Waals surface area contributed by atoms with Crippen molar-refractivity contribution in [2.45, 2.75) is 12.6 Å². The summed E-state index contributed by atoms with van der Waals surface area (Å²) in [6.07, 6.45) is 1.17. The summed E-state index contributed by atoms with van der Waals surface area (Å²) in [6, 6.07) is 17.8. The number of nitrogens with two attached hydrogens (primary N) is 1. The van der Waals surface area contributed by atoms with Crippen molar-refractivity contribution in [1.82, 2.24) is 19.4 Å². The Morgan fingerprint density at radius 1 is 1.05 bits per heavy atom. The van der Waals surface area contributed by atoms with Crippen LogP contribution in [-0.2, 0) is 16.1 Å². The molecule has 41 heavy (non-hydrogen) atoms. The van der Waals surface area contributed by atoms with E-state index in [9.17, 15) is 14.4 Å². The third kappa shape index (κ3) is 6.28. The van der Waals surface area contributed by atoms with Crippen molar-refractivity contribution in [3.05, 3.63) is 98.4 Å². The van der Waals surface area contributed by atoms with E-state index in [0.29, 0.717) is 41.4 Å². The largest absolute Gasteiger partial charge is 0.379 e. The zero-order valence-electron chi connectivity index (χ0n) is 22.4. The molecule has 2 N–H and O–H groups in total. The molecule has 9 nitrogen and oxygen atoms in total. The predicted octanol–water partition coefficient (Wildman–Crippen LogP) is 4.00. The van der Waals surface area contributed by atoms with Crippen LogP contribution in [0.3, 0.4) is 0 Å². The van der Waals surface area contributed by atoms with Crippen LogP contribution in [0.4, 0.5) is 0 Å². The summed E-state index contributed by atoms with van der Waals surface area (Å²) < 4.78 is 6.88. The van der Waals surface area contributed by atoms with E-state index in [4.69, 9.17) is 33.7 Å². The van der Waals surface area contributed by atoms with Crippen molar-refractivity contribution < 1.29 is 14.3 Å². The Morgan fingerprint density at radius 2 is 1.73 bits per heavy atom. The fourth-order valence-electron chi connectivity index (χ4n) is 5.06. The number of aromatic nitrogens is 2. The maximum absolute atomic E-state index is 13.7. The average Bonchev–Trinajstić information content (AvgIpc) is 2.98. The van der Waals surface area contributed by atoms with Crippen molar-refractivity contribution in [3.63, 3.8) is 0 Å². The van der Waals surface area contributed by atoms with Gasteiger partial charge in [0, 0.05) is 32.2 Å². The van der Waals surface area contributed by atoms with Crippen molar-refractivity contribution in [2.75, 3.05) is 39.9 Å². The molecular weight excluding hydrogens is 565 g/mol.